The van der Waals surface area contributed by atoms with Crippen LogP contribution in [0.5, 0.6) is 0 Å². The summed E-state index contributed by atoms with van der Waals surface area (Å²) < 4.78 is 11.2. The molecule has 0 radical (unpaired) electrons. The number of ether oxygens (including phenoxy) is 2. The van der Waals surface area contributed by atoms with Gasteiger partial charge in [-0.3, -0.25) is 19.2 Å². The number of methoxy groups -OCH3 is 1. The highest BCUT2D eigenvalue weighted by Gasteiger charge is 2.50. The molecule has 0 spiro atoms. The molecule has 7 unspecified atom stereocenters. The summed E-state index contributed by atoms with van der Waals surface area (Å²) in [6.45, 7) is 6.44. The van der Waals surface area contributed by atoms with Crippen LogP contribution in [-0.4, -0.2) is 60.0 Å². The van der Waals surface area contributed by atoms with E-state index in [1.165, 1.54) is 7.11 Å². The summed E-state index contributed by atoms with van der Waals surface area (Å²) in [5.74, 6) is -3.07. The molecule has 0 saturated heterocycles. The molecule has 0 bridgehead atoms. The molecule has 4 aliphatic rings. The first kappa shape index (κ1) is 34.7. The van der Waals surface area contributed by atoms with E-state index in [9.17, 15) is 29.4 Å². The zero-order chi connectivity index (χ0) is 32.0. The van der Waals surface area contributed by atoms with Gasteiger partial charge in [0.1, 0.15) is 6.10 Å². The Balaban J connectivity index is 1.26. The van der Waals surface area contributed by atoms with Gasteiger partial charge >= 0.3 is 23.9 Å². The predicted molar refractivity (Wildman–Crippen MR) is 160 cm³/mol. The van der Waals surface area contributed by atoms with Crippen LogP contribution in [0.4, 0.5) is 0 Å². The Morgan fingerprint density at radius 2 is 1.20 bits per heavy atom. The van der Waals surface area contributed by atoms with Crippen molar-refractivity contribution in [2.24, 2.45) is 52.8 Å². The first-order valence-electron chi connectivity index (χ1n) is 17.0. The molecule has 0 aromatic carbocycles. The number of aliphatic carboxylic acids is 2. The van der Waals surface area contributed by atoms with E-state index >= 15 is 0 Å². The van der Waals surface area contributed by atoms with Crippen molar-refractivity contribution >= 4 is 23.9 Å². The monoisotopic (exact) mass is 622 g/mol. The first-order valence-corrected chi connectivity index (χ1v) is 17.0. The number of carboxylic acid groups (broad SMARTS) is 2. The molecule has 10 heteroatoms. The second kappa shape index (κ2) is 15.4. The Kier molecular flexibility index (Phi) is 12.1. The summed E-state index contributed by atoms with van der Waals surface area (Å²) >= 11 is 0. The topological polar surface area (TPSA) is 146 Å². The fraction of sp³-hybridized carbons (Fsp3) is 0.882. The van der Waals surface area contributed by atoms with Gasteiger partial charge in [0, 0.05) is 0 Å². The smallest absolute Gasteiger partial charge is 0.312 e. The van der Waals surface area contributed by atoms with Crippen molar-refractivity contribution in [3.63, 3.8) is 0 Å². The highest BCUT2D eigenvalue weighted by Crippen LogP contribution is 2.50. The van der Waals surface area contributed by atoms with E-state index in [0.29, 0.717) is 38.0 Å². The largest absolute Gasteiger partial charge is 0.481 e. The Morgan fingerprint density at radius 1 is 0.682 bits per heavy atom. The molecule has 4 rings (SSSR count). The van der Waals surface area contributed by atoms with E-state index < -0.39 is 35.1 Å². The van der Waals surface area contributed by atoms with Crippen LogP contribution >= 0.6 is 0 Å². The van der Waals surface area contributed by atoms with E-state index in [2.05, 4.69) is 6.92 Å². The van der Waals surface area contributed by atoms with E-state index in [-0.39, 0.29) is 54.4 Å². The Morgan fingerprint density at radius 3 is 1.75 bits per heavy atom. The SMILES string of the molecule is COC(=O)C(C)(C1CCC(OOCC2CCC(C)CC2C(=O)O)CC1)C1CCC(OC(=O)C2CCC(C)CC2C(=O)O)CC1. The zero-order valence-electron chi connectivity index (χ0n) is 27.0. The molecule has 4 saturated carbocycles. The molecule has 4 fully saturated rings. The molecule has 0 heterocycles. The molecule has 44 heavy (non-hydrogen) atoms. The summed E-state index contributed by atoms with van der Waals surface area (Å²) in [6.07, 6.45) is 9.89. The van der Waals surface area contributed by atoms with E-state index in [0.717, 1.165) is 57.8 Å². The third-order valence-electron chi connectivity index (χ3n) is 11.7. The van der Waals surface area contributed by atoms with Gasteiger partial charge < -0.3 is 19.7 Å². The van der Waals surface area contributed by atoms with Gasteiger partial charge in [-0.1, -0.05) is 20.3 Å². The van der Waals surface area contributed by atoms with Crippen LogP contribution in [0.25, 0.3) is 0 Å². The van der Waals surface area contributed by atoms with Crippen molar-refractivity contribution < 1.29 is 48.6 Å². The molecular formula is C34H54O10. The van der Waals surface area contributed by atoms with Crippen molar-refractivity contribution in [3.8, 4) is 0 Å². The average Bonchev–Trinajstić information content (AvgIpc) is 3.01. The summed E-state index contributed by atoms with van der Waals surface area (Å²) in [4.78, 5) is 61.2. The summed E-state index contributed by atoms with van der Waals surface area (Å²) in [6, 6.07) is 0. The second-order valence-electron chi connectivity index (χ2n) is 14.6. The van der Waals surface area contributed by atoms with Crippen molar-refractivity contribution in [1.82, 2.24) is 0 Å². The highest BCUT2D eigenvalue weighted by molar-refractivity contribution is 5.81. The number of esters is 2. The lowest BCUT2D eigenvalue weighted by molar-refractivity contribution is -0.338. The zero-order valence-corrected chi connectivity index (χ0v) is 27.0. The average molecular weight is 623 g/mol. The number of carboxylic acids is 2. The van der Waals surface area contributed by atoms with E-state index in [1.807, 2.05) is 13.8 Å². The maximum atomic E-state index is 13.3. The molecule has 7 atom stereocenters. The fourth-order valence-corrected chi connectivity index (χ4v) is 8.78. The quantitative estimate of drug-likeness (QED) is 0.159. The lowest BCUT2D eigenvalue weighted by Gasteiger charge is -2.46. The van der Waals surface area contributed by atoms with Crippen LogP contribution in [-0.2, 0) is 38.4 Å². The van der Waals surface area contributed by atoms with Crippen LogP contribution in [0, 0.1) is 52.8 Å². The summed E-state index contributed by atoms with van der Waals surface area (Å²) in [5.41, 5.74) is -0.670. The summed E-state index contributed by atoms with van der Waals surface area (Å²) in [7, 11) is 1.44. The number of hydrogen-bond donors (Lipinski definition) is 2. The van der Waals surface area contributed by atoms with Gasteiger partial charge in [-0.25, -0.2) is 9.78 Å². The standard InChI is InChI=1S/C34H54O10/c1-20-5-7-22(28(17-20)30(35)36)19-42-44-26-14-10-24(11-15-26)34(3,33(40)41-4)23-8-12-25(13-9-23)43-32(39)27-16-6-21(2)18-29(27)31(37)38/h20-29H,5-19H2,1-4H3,(H,35,36)(H,37,38). The van der Waals surface area contributed by atoms with Crippen LogP contribution in [0.2, 0.25) is 0 Å². The van der Waals surface area contributed by atoms with Gasteiger partial charge in [-0.2, -0.15) is 0 Å². The molecule has 0 aromatic heterocycles. The molecule has 4 aliphatic carbocycles. The molecule has 0 amide bonds. The number of carbonyl (C=O) groups excluding carboxylic acids is 2. The normalized spacial score (nSPS) is 37.7. The maximum Gasteiger partial charge on any atom is 0.312 e. The third-order valence-corrected chi connectivity index (χ3v) is 11.7. The highest BCUT2D eigenvalue weighted by atomic mass is 17.2. The lowest BCUT2D eigenvalue weighted by Crippen LogP contribution is -2.47. The fourth-order valence-electron chi connectivity index (χ4n) is 8.78. The van der Waals surface area contributed by atoms with Crippen LogP contribution < -0.4 is 0 Å². The molecule has 250 valence electrons. The van der Waals surface area contributed by atoms with E-state index in [1.54, 1.807) is 0 Å². The van der Waals surface area contributed by atoms with Gasteiger partial charge in [0.2, 0.25) is 0 Å². The Bertz CT molecular complexity index is 998. The summed E-state index contributed by atoms with van der Waals surface area (Å²) in [5, 5.41) is 19.3. The molecule has 0 aromatic rings. The Labute approximate surface area is 261 Å². The second-order valence-corrected chi connectivity index (χ2v) is 14.6. The van der Waals surface area contributed by atoms with Crippen LogP contribution in [0.15, 0.2) is 0 Å². The minimum atomic E-state index is -0.923. The van der Waals surface area contributed by atoms with Crippen LogP contribution in [0.3, 0.4) is 0 Å². The third kappa shape index (κ3) is 8.14. The van der Waals surface area contributed by atoms with Crippen LogP contribution in [0.1, 0.15) is 111 Å². The van der Waals surface area contributed by atoms with E-state index in [4.69, 9.17) is 19.2 Å². The Hall–Kier alpha value is -2.20. The molecular weight excluding hydrogens is 568 g/mol. The molecule has 2 N–H and O–H groups in total. The van der Waals surface area contributed by atoms with Crippen molar-refractivity contribution in [2.75, 3.05) is 13.7 Å². The first-order chi connectivity index (χ1) is 20.9. The minimum absolute atomic E-state index is 0.0398. The number of hydrogen-bond acceptors (Lipinski definition) is 8. The van der Waals surface area contributed by atoms with Gasteiger partial charge in [-0.05, 0) is 120 Å². The van der Waals surface area contributed by atoms with Crippen molar-refractivity contribution in [3.05, 3.63) is 0 Å². The van der Waals surface area contributed by atoms with Gasteiger partial charge in [-0.15, -0.1) is 0 Å². The molecule has 10 nitrogen and oxygen atoms in total. The maximum absolute atomic E-state index is 13.3. The lowest BCUT2D eigenvalue weighted by atomic mass is 9.59. The van der Waals surface area contributed by atoms with Crippen molar-refractivity contribution in [2.45, 2.75) is 123 Å². The van der Waals surface area contributed by atoms with Crippen molar-refractivity contribution in [1.29, 1.82) is 0 Å². The number of carbonyl (C=O) groups is 4. The van der Waals surface area contributed by atoms with Gasteiger partial charge in [0.05, 0.1) is 43.0 Å². The van der Waals surface area contributed by atoms with Gasteiger partial charge in [0.15, 0.2) is 0 Å². The minimum Gasteiger partial charge on any atom is -0.481 e. The number of rotatable bonds is 11. The predicted octanol–water partition coefficient (Wildman–Crippen LogP) is 6.05. The van der Waals surface area contributed by atoms with Gasteiger partial charge in [0.25, 0.3) is 0 Å². The molecule has 0 aliphatic heterocycles.